The van der Waals surface area contributed by atoms with Crippen LogP contribution in [0.1, 0.15) is 11.1 Å². The van der Waals surface area contributed by atoms with Crippen LogP contribution in [0.15, 0.2) is 128 Å². The van der Waals surface area contributed by atoms with E-state index >= 15 is 0 Å². The zero-order valence-corrected chi connectivity index (χ0v) is 19.7. The zero-order chi connectivity index (χ0) is 22.5. The number of hydrogen-bond acceptors (Lipinski definition) is 2. The molecule has 0 aliphatic rings. The Bertz CT molecular complexity index is 1240. The third-order valence-electron chi connectivity index (χ3n) is 6.27. The van der Waals surface area contributed by atoms with Crippen molar-refractivity contribution in [2.45, 2.75) is 13.1 Å². The van der Waals surface area contributed by atoms with Gasteiger partial charge in [0.25, 0.3) is 0 Å². The molecule has 3 aromatic carbocycles. The molecule has 2 aromatic heterocycles. The molecule has 2 nitrogen and oxygen atoms in total. The van der Waals surface area contributed by atoms with Gasteiger partial charge in [0.05, 0.1) is 0 Å². The van der Waals surface area contributed by atoms with Gasteiger partial charge in [-0.1, -0.05) is 0 Å². The molecular formula is C30H27N2P. The van der Waals surface area contributed by atoms with Gasteiger partial charge in [0.15, 0.2) is 0 Å². The maximum atomic E-state index is 4.65. The average Bonchev–Trinajstić information content (AvgIpc) is 2.89. The molecule has 0 radical (unpaired) electrons. The van der Waals surface area contributed by atoms with E-state index in [1.165, 1.54) is 27.0 Å². The number of hydrogen-bond donors (Lipinski definition) is 0. The standard InChI is InChI=1S/C30H27N2P/c1-24-17-19-31-29(21-24)30-22-25(18-20-32-30)23-33(26-11-5-2-6-12-26,27-13-7-3-8-14-27)28-15-9-4-10-16-28/h2-22,33H,23H2,1H3. The summed E-state index contributed by atoms with van der Waals surface area (Å²) in [6.07, 6.45) is 4.73. The molecule has 0 fully saturated rings. The van der Waals surface area contributed by atoms with E-state index in [0.717, 1.165) is 17.5 Å². The number of nitrogens with zero attached hydrogens (tertiary/aromatic N) is 2. The topological polar surface area (TPSA) is 25.8 Å². The Balaban J connectivity index is 1.70. The minimum atomic E-state index is -2.35. The Morgan fingerprint density at radius 3 is 1.48 bits per heavy atom. The third kappa shape index (κ3) is 4.35. The summed E-state index contributed by atoms with van der Waals surface area (Å²) < 4.78 is 0. The van der Waals surface area contributed by atoms with E-state index in [1.54, 1.807) is 0 Å². The van der Waals surface area contributed by atoms with Gasteiger partial charge in [0, 0.05) is 0 Å². The van der Waals surface area contributed by atoms with E-state index in [0.29, 0.717) is 0 Å². The molecule has 162 valence electrons. The zero-order valence-electron chi connectivity index (χ0n) is 18.7. The SMILES string of the molecule is Cc1ccnc(-c2cc(C[PH](c3ccccc3)(c3ccccc3)c3ccccc3)ccn2)c1. The van der Waals surface area contributed by atoms with E-state index in [-0.39, 0.29) is 0 Å². The molecule has 0 saturated heterocycles. The first-order valence-corrected chi connectivity index (χ1v) is 13.5. The summed E-state index contributed by atoms with van der Waals surface area (Å²) in [5, 5.41) is 4.23. The minimum absolute atomic E-state index is 0.920. The van der Waals surface area contributed by atoms with Crippen molar-refractivity contribution in [3.63, 3.8) is 0 Å². The van der Waals surface area contributed by atoms with E-state index in [4.69, 9.17) is 0 Å². The quantitative estimate of drug-likeness (QED) is 0.314. The van der Waals surface area contributed by atoms with Crippen molar-refractivity contribution in [3.8, 4) is 11.4 Å². The molecule has 0 N–H and O–H groups in total. The molecule has 0 saturated carbocycles. The van der Waals surface area contributed by atoms with Crippen molar-refractivity contribution < 1.29 is 0 Å². The van der Waals surface area contributed by atoms with Crippen LogP contribution >= 0.6 is 7.26 Å². The van der Waals surface area contributed by atoms with Crippen LogP contribution in [-0.4, -0.2) is 9.97 Å². The van der Waals surface area contributed by atoms with Crippen molar-refractivity contribution in [1.82, 2.24) is 9.97 Å². The van der Waals surface area contributed by atoms with Crippen LogP contribution < -0.4 is 15.9 Å². The summed E-state index contributed by atoms with van der Waals surface area (Å²) in [5.41, 5.74) is 4.32. The van der Waals surface area contributed by atoms with Gasteiger partial charge >= 0.3 is 196 Å². The molecule has 0 aliphatic carbocycles. The number of rotatable bonds is 6. The van der Waals surface area contributed by atoms with Crippen LogP contribution in [0.4, 0.5) is 0 Å². The Kier molecular flexibility index (Phi) is 6.11. The first kappa shape index (κ1) is 21.2. The molecular weight excluding hydrogens is 419 g/mol. The summed E-state index contributed by atoms with van der Waals surface area (Å²) in [6.45, 7) is 2.09. The molecule has 0 spiro atoms. The van der Waals surface area contributed by atoms with Crippen LogP contribution in [-0.2, 0) is 6.16 Å². The molecule has 5 rings (SSSR count). The molecule has 3 heteroatoms. The van der Waals surface area contributed by atoms with E-state index in [9.17, 15) is 0 Å². The molecule has 0 aliphatic heterocycles. The fourth-order valence-electron chi connectivity index (χ4n) is 4.68. The van der Waals surface area contributed by atoms with Crippen LogP contribution in [0.2, 0.25) is 0 Å². The van der Waals surface area contributed by atoms with Crippen molar-refractivity contribution in [1.29, 1.82) is 0 Å². The Morgan fingerprint density at radius 1 is 0.545 bits per heavy atom. The van der Waals surface area contributed by atoms with E-state index in [1.807, 2.05) is 18.5 Å². The molecule has 33 heavy (non-hydrogen) atoms. The Morgan fingerprint density at radius 2 is 1.00 bits per heavy atom. The summed E-state index contributed by atoms with van der Waals surface area (Å²) in [6, 6.07) is 41.6. The first-order chi connectivity index (χ1) is 16.3. The van der Waals surface area contributed by atoms with Crippen LogP contribution in [0, 0.1) is 6.92 Å². The fraction of sp³-hybridized carbons (Fsp3) is 0.0667. The van der Waals surface area contributed by atoms with Gasteiger partial charge in [-0.2, -0.15) is 0 Å². The molecule has 0 amide bonds. The average molecular weight is 447 g/mol. The predicted octanol–water partition coefficient (Wildman–Crippen LogP) is 5.68. The van der Waals surface area contributed by atoms with Crippen molar-refractivity contribution in [2.24, 2.45) is 0 Å². The monoisotopic (exact) mass is 446 g/mol. The molecule has 2 heterocycles. The van der Waals surface area contributed by atoms with Crippen LogP contribution in [0.25, 0.3) is 11.4 Å². The van der Waals surface area contributed by atoms with Gasteiger partial charge in [-0.05, 0) is 0 Å². The molecule has 5 aromatic rings. The van der Waals surface area contributed by atoms with Gasteiger partial charge < -0.3 is 0 Å². The number of benzene rings is 3. The number of aryl methyl sites for hydroxylation is 1. The fourth-order valence-corrected chi connectivity index (χ4v) is 9.41. The van der Waals surface area contributed by atoms with Gasteiger partial charge in [0.2, 0.25) is 0 Å². The number of aromatic nitrogens is 2. The molecule has 0 unspecified atom stereocenters. The van der Waals surface area contributed by atoms with Gasteiger partial charge in [-0.3, -0.25) is 0 Å². The summed E-state index contributed by atoms with van der Waals surface area (Å²) in [5.74, 6) is 0. The van der Waals surface area contributed by atoms with Gasteiger partial charge in [-0.15, -0.1) is 0 Å². The van der Waals surface area contributed by atoms with Crippen molar-refractivity contribution in [3.05, 3.63) is 139 Å². The maximum absolute atomic E-state index is 4.65. The van der Waals surface area contributed by atoms with Crippen molar-refractivity contribution >= 4 is 23.2 Å². The summed E-state index contributed by atoms with van der Waals surface area (Å²) >= 11 is 0. The normalized spacial score (nSPS) is 11.8. The van der Waals surface area contributed by atoms with Crippen molar-refractivity contribution in [2.75, 3.05) is 0 Å². The summed E-state index contributed by atoms with van der Waals surface area (Å²) in [4.78, 5) is 9.22. The van der Waals surface area contributed by atoms with Gasteiger partial charge in [0.1, 0.15) is 0 Å². The number of pyridine rings is 2. The second-order valence-corrected chi connectivity index (χ2v) is 12.3. The van der Waals surface area contributed by atoms with Crippen LogP contribution in [0.3, 0.4) is 0 Å². The second-order valence-electron chi connectivity index (χ2n) is 8.45. The van der Waals surface area contributed by atoms with E-state index in [2.05, 4.69) is 126 Å². The van der Waals surface area contributed by atoms with Crippen LogP contribution in [0.5, 0.6) is 0 Å². The van der Waals surface area contributed by atoms with Gasteiger partial charge in [-0.25, -0.2) is 0 Å². The Hall–Kier alpha value is -3.61. The first-order valence-electron chi connectivity index (χ1n) is 11.3. The predicted molar refractivity (Wildman–Crippen MR) is 142 cm³/mol. The molecule has 0 atom stereocenters. The van der Waals surface area contributed by atoms with E-state index < -0.39 is 7.26 Å². The Labute approximate surface area is 196 Å². The second kappa shape index (κ2) is 9.48. The summed E-state index contributed by atoms with van der Waals surface area (Å²) in [7, 11) is -2.35. The third-order valence-corrected chi connectivity index (χ3v) is 11.2. The molecule has 0 bridgehead atoms.